The second kappa shape index (κ2) is 9.36. The van der Waals surface area contributed by atoms with Crippen molar-refractivity contribution in [2.24, 2.45) is 0 Å². The summed E-state index contributed by atoms with van der Waals surface area (Å²) in [6, 6.07) is 15.9. The second-order valence-electron chi connectivity index (χ2n) is 6.05. The van der Waals surface area contributed by atoms with Crippen molar-refractivity contribution in [2.45, 2.75) is 32.2 Å². The summed E-state index contributed by atoms with van der Waals surface area (Å²) in [5.74, 6) is -1.35. The lowest BCUT2D eigenvalue weighted by Crippen LogP contribution is -2.36. The maximum Gasteiger partial charge on any atom is 0.303 e. The van der Waals surface area contributed by atoms with Crippen LogP contribution >= 0.6 is 0 Å². The fourth-order valence-electron chi connectivity index (χ4n) is 2.60. The van der Waals surface area contributed by atoms with Gasteiger partial charge < -0.3 is 15.7 Å². The summed E-state index contributed by atoms with van der Waals surface area (Å²) < 4.78 is 0. The van der Waals surface area contributed by atoms with Crippen molar-refractivity contribution in [1.29, 1.82) is 0 Å². The van der Waals surface area contributed by atoms with Crippen LogP contribution in [0.5, 0.6) is 0 Å². The van der Waals surface area contributed by atoms with Gasteiger partial charge in [0.15, 0.2) is 0 Å². The maximum absolute atomic E-state index is 12.5. The number of hydrogen-bond donors (Lipinski definition) is 3. The molecule has 2 aromatic carbocycles. The summed E-state index contributed by atoms with van der Waals surface area (Å²) in [7, 11) is 0. The number of carbonyl (C=O) groups is 3. The van der Waals surface area contributed by atoms with Crippen molar-refractivity contribution in [2.75, 3.05) is 5.32 Å². The Morgan fingerprint density at radius 3 is 2.23 bits per heavy atom. The monoisotopic (exact) mass is 354 g/mol. The number of amides is 2. The highest BCUT2D eigenvalue weighted by Crippen LogP contribution is 2.12. The van der Waals surface area contributed by atoms with Crippen LogP contribution < -0.4 is 10.6 Å². The van der Waals surface area contributed by atoms with E-state index in [1.54, 1.807) is 24.3 Å². The van der Waals surface area contributed by atoms with E-state index in [1.165, 1.54) is 6.92 Å². The second-order valence-corrected chi connectivity index (χ2v) is 6.05. The molecule has 0 fully saturated rings. The average Bonchev–Trinajstić information content (AvgIpc) is 2.60. The summed E-state index contributed by atoms with van der Waals surface area (Å²) in [4.78, 5) is 34.4. The molecule has 0 saturated heterocycles. The number of carbonyl (C=O) groups excluding carboxylic acids is 2. The van der Waals surface area contributed by atoms with Crippen LogP contribution in [0.4, 0.5) is 5.69 Å². The lowest BCUT2D eigenvalue weighted by atomic mass is 10.0. The van der Waals surface area contributed by atoms with E-state index < -0.39 is 5.97 Å². The van der Waals surface area contributed by atoms with Crippen LogP contribution in [0.2, 0.25) is 0 Å². The molecule has 0 aliphatic heterocycles. The third-order valence-corrected chi connectivity index (χ3v) is 3.83. The molecule has 0 aliphatic carbocycles. The van der Waals surface area contributed by atoms with Crippen LogP contribution in [0.15, 0.2) is 54.6 Å². The van der Waals surface area contributed by atoms with E-state index >= 15 is 0 Å². The van der Waals surface area contributed by atoms with Gasteiger partial charge in [-0.25, -0.2) is 0 Å². The van der Waals surface area contributed by atoms with Crippen molar-refractivity contribution in [1.82, 2.24) is 5.32 Å². The van der Waals surface area contributed by atoms with Crippen molar-refractivity contribution < 1.29 is 19.5 Å². The van der Waals surface area contributed by atoms with Gasteiger partial charge in [-0.3, -0.25) is 14.4 Å². The summed E-state index contributed by atoms with van der Waals surface area (Å²) >= 11 is 0. The van der Waals surface area contributed by atoms with Gasteiger partial charge >= 0.3 is 5.97 Å². The molecule has 0 radical (unpaired) electrons. The fraction of sp³-hybridized carbons (Fsp3) is 0.250. The Balaban J connectivity index is 2.04. The zero-order valence-electron chi connectivity index (χ0n) is 14.6. The molecule has 2 rings (SSSR count). The first-order valence-corrected chi connectivity index (χ1v) is 8.38. The Labute approximate surface area is 152 Å². The largest absolute Gasteiger partial charge is 0.481 e. The topological polar surface area (TPSA) is 95.5 Å². The summed E-state index contributed by atoms with van der Waals surface area (Å²) in [6.45, 7) is 1.41. The van der Waals surface area contributed by atoms with Gasteiger partial charge in [-0.15, -0.1) is 0 Å². The minimum Gasteiger partial charge on any atom is -0.481 e. The maximum atomic E-state index is 12.5. The first kappa shape index (κ1) is 19.2. The van der Waals surface area contributed by atoms with Crippen molar-refractivity contribution in [3.63, 3.8) is 0 Å². The van der Waals surface area contributed by atoms with Crippen molar-refractivity contribution >= 4 is 23.5 Å². The normalized spacial score (nSPS) is 11.4. The van der Waals surface area contributed by atoms with Crippen LogP contribution in [0.25, 0.3) is 0 Å². The SMILES string of the molecule is CC(=O)Nc1ccc(C(=O)NC(CCC(=O)O)Cc2ccccc2)cc1. The van der Waals surface area contributed by atoms with E-state index in [0.717, 1.165) is 5.56 Å². The Bertz CT molecular complexity index is 757. The van der Waals surface area contributed by atoms with Crippen molar-refractivity contribution in [3.8, 4) is 0 Å². The predicted octanol–water partition coefficient (Wildman–Crippen LogP) is 2.85. The predicted molar refractivity (Wildman–Crippen MR) is 99.0 cm³/mol. The molecule has 1 atom stereocenters. The molecule has 1 unspecified atom stereocenters. The molecule has 0 aliphatic rings. The number of hydrogen-bond acceptors (Lipinski definition) is 3. The molecular formula is C20H22N2O4. The van der Waals surface area contributed by atoms with E-state index in [9.17, 15) is 14.4 Å². The Kier molecular flexibility index (Phi) is 6.91. The van der Waals surface area contributed by atoms with E-state index in [2.05, 4.69) is 10.6 Å². The molecule has 2 amide bonds. The molecule has 2 aromatic rings. The number of carboxylic acids is 1. The molecule has 0 spiro atoms. The van der Waals surface area contributed by atoms with Crippen LogP contribution in [-0.2, 0) is 16.0 Å². The lowest BCUT2D eigenvalue weighted by Gasteiger charge is -2.18. The van der Waals surface area contributed by atoms with E-state index in [1.807, 2.05) is 30.3 Å². The Morgan fingerprint density at radius 1 is 1.00 bits per heavy atom. The smallest absolute Gasteiger partial charge is 0.303 e. The summed E-state index contributed by atoms with van der Waals surface area (Å²) in [5.41, 5.74) is 2.09. The number of carboxylic acid groups (broad SMARTS) is 1. The van der Waals surface area contributed by atoms with Crippen LogP contribution in [0.3, 0.4) is 0 Å². The van der Waals surface area contributed by atoms with Crippen LogP contribution in [-0.4, -0.2) is 28.9 Å². The number of benzene rings is 2. The summed E-state index contributed by atoms with van der Waals surface area (Å²) in [5, 5.41) is 14.5. The molecule has 6 nitrogen and oxygen atoms in total. The average molecular weight is 354 g/mol. The molecular weight excluding hydrogens is 332 g/mol. The molecule has 6 heteroatoms. The Morgan fingerprint density at radius 2 is 1.65 bits per heavy atom. The molecule has 0 heterocycles. The number of nitrogens with one attached hydrogen (secondary N) is 2. The fourth-order valence-corrected chi connectivity index (χ4v) is 2.60. The Hall–Kier alpha value is -3.15. The van der Waals surface area contributed by atoms with Gasteiger partial charge in [-0.05, 0) is 42.7 Å². The van der Waals surface area contributed by atoms with Crippen LogP contribution in [0, 0.1) is 0 Å². The molecule has 3 N–H and O–H groups in total. The zero-order valence-corrected chi connectivity index (χ0v) is 14.6. The van der Waals surface area contributed by atoms with Crippen molar-refractivity contribution in [3.05, 3.63) is 65.7 Å². The number of aliphatic carboxylic acids is 1. The first-order valence-electron chi connectivity index (χ1n) is 8.38. The quantitative estimate of drug-likeness (QED) is 0.679. The van der Waals surface area contributed by atoms with E-state index in [-0.39, 0.29) is 24.3 Å². The lowest BCUT2D eigenvalue weighted by molar-refractivity contribution is -0.137. The molecule has 26 heavy (non-hydrogen) atoms. The third kappa shape index (κ3) is 6.39. The summed E-state index contributed by atoms with van der Waals surface area (Å²) in [6.07, 6.45) is 0.892. The minimum atomic E-state index is -0.892. The first-order chi connectivity index (χ1) is 12.4. The van der Waals surface area contributed by atoms with Gasteiger partial charge in [0.1, 0.15) is 0 Å². The van der Waals surface area contributed by atoms with Gasteiger partial charge in [0.2, 0.25) is 5.91 Å². The van der Waals surface area contributed by atoms with Gasteiger partial charge in [-0.2, -0.15) is 0 Å². The minimum absolute atomic E-state index is 0.0146. The van der Waals surface area contributed by atoms with Gasteiger partial charge in [-0.1, -0.05) is 30.3 Å². The standard InChI is InChI=1S/C20H22N2O4/c1-14(23)21-17-9-7-16(8-10-17)20(26)22-18(11-12-19(24)25)13-15-5-3-2-4-6-15/h2-10,18H,11-13H2,1H3,(H,21,23)(H,22,26)(H,24,25). The van der Waals surface area contributed by atoms with E-state index in [0.29, 0.717) is 24.1 Å². The molecule has 0 aromatic heterocycles. The molecule has 0 bridgehead atoms. The molecule has 136 valence electrons. The third-order valence-electron chi connectivity index (χ3n) is 3.83. The highest BCUT2D eigenvalue weighted by Gasteiger charge is 2.16. The zero-order chi connectivity index (χ0) is 18.9. The van der Waals surface area contributed by atoms with Gasteiger partial charge in [0.05, 0.1) is 0 Å². The van der Waals surface area contributed by atoms with Crippen LogP contribution in [0.1, 0.15) is 35.7 Å². The number of rotatable bonds is 8. The highest BCUT2D eigenvalue weighted by molar-refractivity contribution is 5.95. The highest BCUT2D eigenvalue weighted by atomic mass is 16.4. The van der Waals surface area contributed by atoms with E-state index in [4.69, 9.17) is 5.11 Å². The van der Waals surface area contributed by atoms with Gasteiger partial charge in [0, 0.05) is 30.6 Å². The molecule has 0 saturated carbocycles. The number of anilines is 1. The van der Waals surface area contributed by atoms with Gasteiger partial charge in [0.25, 0.3) is 5.91 Å².